The second-order valence-electron chi connectivity index (χ2n) is 9.03. The lowest BCUT2D eigenvalue weighted by atomic mass is 9.84. The van der Waals surface area contributed by atoms with Crippen LogP contribution in [0.1, 0.15) is 43.0 Å². The Balaban J connectivity index is 1.24. The first-order chi connectivity index (χ1) is 15.9. The molecule has 2 fully saturated rings. The molecule has 2 aliphatic carbocycles. The lowest BCUT2D eigenvalue weighted by Crippen LogP contribution is -2.40. The third kappa shape index (κ3) is 4.53. The number of hydrogen-bond acceptors (Lipinski definition) is 6. The van der Waals surface area contributed by atoms with Crippen LogP contribution in [0.4, 0.5) is 5.69 Å². The van der Waals surface area contributed by atoms with Crippen LogP contribution in [-0.4, -0.2) is 40.6 Å². The number of carbonyl (C=O) groups is 1. The molecule has 0 saturated heterocycles. The zero-order valence-electron chi connectivity index (χ0n) is 18.3. The van der Waals surface area contributed by atoms with Crippen LogP contribution in [0.15, 0.2) is 59.8 Å². The highest BCUT2D eigenvalue weighted by Gasteiger charge is 2.42. The molecule has 1 amide bonds. The van der Waals surface area contributed by atoms with Crippen LogP contribution in [0, 0.1) is 17.8 Å². The van der Waals surface area contributed by atoms with E-state index in [1.54, 1.807) is 36.4 Å². The first-order valence-corrected chi connectivity index (χ1v) is 12.6. The van der Waals surface area contributed by atoms with E-state index in [1.807, 2.05) is 6.92 Å². The highest BCUT2D eigenvalue weighted by atomic mass is 32.2. The minimum atomic E-state index is -3.63. The predicted molar refractivity (Wildman–Crippen MR) is 122 cm³/mol. The van der Waals surface area contributed by atoms with E-state index in [9.17, 15) is 13.2 Å². The van der Waals surface area contributed by atoms with Gasteiger partial charge in [0.1, 0.15) is 6.33 Å². The monoisotopic (exact) mass is 466 g/mol. The van der Waals surface area contributed by atoms with Crippen molar-refractivity contribution < 1.29 is 13.2 Å². The number of anilines is 1. The molecule has 2 aliphatic rings. The Bertz CT molecular complexity index is 1240. The smallest absolute Gasteiger partial charge is 0.255 e. The summed E-state index contributed by atoms with van der Waals surface area (Å²) < 4.78 is 30.1. The number of tetrazole rings is 1. The number of nitrogens with zero attached hydrogens (tertiary/aromatic N) is 4. The van der Waals surface area contributed by atoms with E-state index in [0.29, 0.717) is 28.8 Å². The molecule has 33 heavy (non-hydrogen) atoms. The zero-order valence-corrected chi connectivity index (χ0v) is 19.1. The average molecular weight is 467 g/mol. The Morgan fingerprint density at radius 2 is 1.94 bits per heavy atom. The first-order valence-electron chi connectivity index (χ1n) is 11.2. The van der Waals surface area contributed by atoms with E-state index in [0.717, 1.165) is 12.3 Å². The maximum atomic E-state index is 12.9. The lowest BCUT2D eigenvalue weighted by Gasteiger charge is -2.28. The molecule has 0 radical (unpaired) electrons. The topological polar surface area (TPSA) is 119 Å². The van der Waals surface area contributed by atoms with Gasteiger partial charge in [0.25, 0.3) is 5.91 Å². The molecule has 172 valence electrons. The number of benzene rings is 2. The van der Waals surface area contributed by atoms with Crippen LogP contribution in [-0.2, 0) is 10.0 Å². The van der Waals surface area contributed by atoms with Crippen LogP contribution in [0.25, 0.3) is 5.69 Å². The number of sulfonamides is 1. The average Bonchev–Trinajstić information content (AvgIpc) is 3.58. The van der Waals surface area contributed by atoms with Gasteiger partial charge >= 0.3 is 0 Å². The second kappa shape index (κ2) is 8.68. The van der Waals surface area contributed by atoms with Crippen molar-refractivity contribution in [1.82, 2.24) is 24.9 Å². The number of carbonyl (C=O) groups excluding carboxylic acids is 1. The van der Waals surface area contributed by atoms with E-state index >= 15 is 0 Å². The van der Waals surface area contributed by atoms with Crippen molar-refractivity contribution in [2.75, 3.05) is 5.32 Å². The number of amides is 1. The Labute approximate surface area is 192 Å². The summed E-state index contributed by atoms with van der Waals surface area (Å²) in [6.45, 7) is 1.97. The fourth-order valence-electron chi connectivity index (χ4n) is 5.30. The Morgan fingerprint density at radius 1 is 1.12 bits per heavy atom. The molecular formula is C23H26N6O3S. The van der Waals surface area contributed by atoms with Crippen molar-refractivity contribution in [3.8, 4) is 5.69 Å². The summed E-state index contributed by atoms with van der Waals surface area (Å²) in [4.78, 5) is 12.9. The van der Waals surface area contributed by atoms with E-state index in [2.05, 4.69) is 25.6 Å². The van der Waals surface area contributed by atoms with Crippen LogP contribution >= 0.6 is 0 Å². The quantitative estimate of drug-likeness (QED) is 0.552. The van der Waals surface area contributed by atoms with E-state index in [4.69, 9.17) is 0 Å². The van der Waals surface area contributed by atoms with Gasteiger partial charge in [0, 0.05) is 17.3 Å². The number of nitrogens with one attached hydrogen (secondary N) is 2. The molecule has 0 aliphatic heterocycles. The van der Waals surface area contributed by atoms with E-state index < -0.39 is 10.0 Å². The zero-order chi connectivity index (χ0) is 23.0. The van der Waals surface area contributed by atoms with Gasteiger partial charge in [0.15, 0.2) is 0 Å². The van der Waals surface area contributed by atoms with Gasteiger partial charge in [0.2, 0.25) is 10.0 Å². The van der Waals surface area contributed by atoms with Gasteiger partial charge < -0.3 is 5.32 Å². The van der Waals surface area contributed by atoms with Gasteiger partial charge in [0.05, 0.1) is 10.6 Å². The number of fused-ring (bicyclic) bond motifs is 2. The summed E-state index contributed by atoms with van der Waals surface area (Å²) in [7, 11) is -3.63. The molecule has 9 nitrogen and oxygen atoms in total. The fourth-order valence-corrected chi connectivity index (χ4v) is 6.59. The van der Waals surface area contributed by atoms with Gasteiger partial charge in [-0.2, -0.15) is 0 Å². The lowest BCUT2D eigenvalue weighted by molar-refractivity contribution is 0.102. The van der Waals surface area contributed by atoms with E-state index in [1.165, 1.54) is 42.4 Å². The number of aromatic nitrogens is 4. The highest BCUT2D eigenvalue weighted by Crippen LogP contribution is 2.49. The Kier molecular flexibility index (Phi) is 5.71. The summed E-state index contributed by atoms with van der Waals surface area (Å²) in [5, 5.41) is 13.8. The van der Waals surface area contributed by atoms with Crippen molar-refractivity contribution >= 4 is 21.6 Å². The molecule has 4 unspecified atom stereocenters. The molecule has 5 rings (SSSR count). The third-order valence-electron chi connectivity index (χ3n) is 6.92. The van der Waals surface area contributed by atoms with Crippen LogP contribution < -0.4 is 10.0 Å². The van der Waals surface area contributed by atoms with Gasteiger partial charge in [-0.15, -0.1) is 5.10 Å². The predicted octanol–water partition coefficient (Wildman–Crippen LogP) is 3.02. The highest BCUT2D eigenvalue weighted by molar-refractivity contribution is 7.89. The summed E-state index contributed by atoms with van der Waals surface area (Å²) in [6.07, 6.45) is 6.31. The molecule has 2 aromatic carbocycles. The fraction of sp³-hybridized carbons (Fsp3) is 0.391. The van der Waals surface area contributed by atoms with Gasteiger partial charge in [-0.3, -0.25) is 4.79 Å². The largest absolute Gasteiger partial charge is 0.322 e. The molecule has 1 aromatic heterocycles. The Morgan fingerprint density at radius 3 is 2.61 bits per heavy atom. The van der Waals surface area contributed by atoms with Crippen molar-refractivity contribution in [3.63, 3.8) is 0 Å². The van der Waals surface area contributed by atoms with Gasteiger partial charge in [-0.1, -0.05) is 12.5 Å². The van der Waals surface area contributed by atoms with Crippen LogP contribution in [0.5, 0.6) is 0 Å². The van der Waals surface area contributed by atoms with Crippen molar-refractivity contribution in [1.29, 1.82) is 0 Å². The van der Waals surface area contributed by atoms with Crippen molar-refractivity contribution in [2.45, 2.75) is 43.5 Å². The summed E-state index contributed by atoms with van der Waals surface area (Å²) in [5.41, 5.74) is 1.60. The molecule has 1 heterocycles. The summed E-state index contributed by atoms with van der Waals surface area (Å²) in [5.74, 6) is 1.51. The molecule has 2 N–H and O–H groups in total. The first kappa shape index (κ1) is 21.7. The number of hydrogen-bond donors (Lipinski definition) is 2. The van der Waals surface area contributed by atoms with Crippen molar-refractivity contribution in [3.05, 3.63) is 60.4 Å². The summed E-state index contributed by atoms with van der Waals surface area (Å²) >= 11 is 0. The van der Waals surface area contributed by atoms with Crippen LogP contribution in [0.3, 0.4) is 0 Å². The second-order valence-corrected chi connectivity index (χ2v) is 10.7. The van der Waals surface area contributed by atoms with E-state index in [-0.39, 0.29) is 16.8 Å². The molecule has 10 heteroatoms. The molecule has 4 atom stereocenters. The molecule has 3 aromatic rings. The molecular weight excluding hydrogens is 440 g/mol. The van der Waals surface area contributed by atoms with Gasteiger partial charge in [-0.05, 0) is 96.8 Å². The van der Waals surface area contributed by atoms with Crippen LogP contribution in [0.2, 0.25) is 0 Å². The van der Waals surface area contributed by atoms with Crippen molar-refractivity contribution in [2.24, 2.45) is 17.8 Å². The third-order valence-corrected chi connectivity index (χ3v) is 8.50. The number of rotatable bonds is 7. The molecule has 2 bridgehead atoms. The molecule has 0 spiro atoms. The summed E-state index contributed by atoms with van der Waals surface area (Å²) in [6, 6.07) is 13.0. The minimum Gasteiger partial charge on any atom is -0.322 e. The minimum absolute atomic E-state index is 0.0860. The SMILES string of the molecule is CC(NS(=O)(=O)c1ccc(NC(=O)c2cccc(-n3cnnn3)c2)cc1)C1CC2CCC1C2. The standard InChI is InChI=1S/C23H26N6O3S/c1-15(22-12-16-5-6-17(22)11-16)26-33(31,32)21-9-7-19(8-10-21)25-23(30)18-3-2-4-20(13-18)29-14-24-27-28-29/h2-4,7-10,13-17,22,26H,5-6,11-12H2,1H3,(H,25,30). The maximum absolute atomic E-state index is 12.9. The Hall–Kier alpha value is -3.11. The maximum Gasteiger partial charge on any atom is 0.255 e. The normalized spacial score (nSPS) is 22.9. The van der Waals surface area contributed by atoms with Gasteiger partial charge in [-0.25, -0.2) is 17.8 Å². The molecule has 2 saturated carbocycles.